The zero-order valence-corrected chi connectivity index (χ0v) is 22.4. The van der Waals surface area contributed by atoms with E-state index in [1.165, 1.54) is 21.8 Å². The molecular formula is C28H27F2N3O2S2. The fraction of sp³-hybridized carbons (Fsp3) is 0.214. The molecule has 4 aromatic rings. The molecule has 0 saturated carbocycles. The molecule has 0 saturated heterocycles. The Labute approximate surface area is 221 Å². The van der Waals surface area contributed by atoms with E-state index in [-0.39, 0.29) is 17.9 Å². The van der Waals surface area contributed by atoms with Gasteiger partial charge in [0.15, 0.2) is 5.13 Å². The summed E-state index contributed by atoms with van der Waals surface area (Å²) < 4.78 is 44.0. The van der Waals surface area contributed by atoms with E-state index in [2.05, 4.69) is 28.8 Å². The molecule has 1 unspecified atom stereocenters. The van der Waals surface area contributed by atoms with E-state index in [0.29, 0.717) is 27.1 Å². The molecule has 0 fully saturated rings. The van der Waals surface area contributed by atoms with Gasteiger partial charge in [0, 0.05) is 19.2 Å². The third-order valence-corrected chi connectivity index (χ3v) is 8.73. The minimum absolute atomic E-state index is 0.103. The number of aryl methyl sites for hydroxylation is 2. The molecule has 1 atom stereocenters. The molecule has 5 nitrogen and oxygen atoms in total. The Morgan fingerprint density at radius 3 is 2.32 bits per heavy atom. The van der Waals surface area contributed by atoms with Gasteiger partial charge >= 0.3 is 0 Å². The third-order valence-electron chi connectivity index (χ3n) is 5.96. The molecule has 0 spiro atoms. The van der Waals surface area contributed by atoms with Crippen LogP contribution in [0.2, 0.25) is 0 Å². The van der Waals surface area contributed by atoms with Crippen LogP contribution in [0.3, 0.4) is 0 Å². The van der Waals surface area contributed by atoms with E-state index in [9.17, 15) is 17.8 Å². The molecule has 0 aliphatic carbocycles. The molecule has 0 aliphatic heterocycles. The molecule has 0 bridgehead atoms. The van der Waals surface area contributed by atoms with E-state index < -0.39 is 22.6 Å². The van der Waals surface area contributed by atoms with Gasteiger partial charge in [-0.05, 0) is 53.8 Å². The van der Waals surface area contributed by atoms with Gasteiger partial charge in [0.2, 0.25) is 5.91 Å². The van der Waals surface area contributed by atoms with E-state index in [4.69, 9.17) is 0 Å². The number of halogens is 2. The number of hydrogen-bond donors (Lipinski definition) is 1. The normalized spacial score (nSPS) is 11.9. The van der Waals surface area contributed by atoms with Gasteiger partial charge in [0.05, 0.1) is 12.1 Å². The van der Waals surface area contributed by atoms with Gasteiger partial charge in [-0.15, -0.1) is 0 Å². The van der Waals surface area contributed by atoms with Crippen LogP contribution in [0.5, 0.6) is 0 Å². The van der Waals surface area contributed by atoms with Crippen molar-refractivity contribution < 1.29 is 17.8 Å². The minimum Gasteiger partial charge on any atom is -0.291 e. The van der Waals surface area contributed by atoms with Crippen LogP contribution >= 0.6 is 11.3 Å². The summed E-state index contributed by atoms with van der Waals surface area (Å²) in [5.74, 6) is -1.22. The van der Waals surface area contributed by atoms with Crippen molar-refractivity contribution in [2.24, 2.45) is 0 Å². The maximum atomic E-state index is 14.1. The zero-order chi connectivity index (χ0) is 26.5. The highest BCUT2D eigenvalue weighted by molar-refractivity contribution is 7.85. The lowest BCUT2D eigenvalue weighted by molar-refractivity contribution is -0.117. The predicted octanol–water partition coefficient (Wildman–Crippen LogP) is 5.98. The van der Waals surface area contributed by atoms with Crippen molar-refractivity contribution in [2.45, 2.75) is 37.4 Å². The van der Waals surface area contributed by atoms with Crippen molar-refractivity contribution in [1.29, 1.82) is 0 Å². The standard InChI is InChI=1S/C28H27F2N3O2S2/c1-4-19-5-7-21(8-6-19)17-31-37(35)27-18(2)32-28(36-27)33(3)26(34)15-20-9-11-22(12-10-20)24-16-23(29)13-14-25(24)30/h5-14,16,31H,4,15,17H2,1-3H3. The number of rotatable bonds is 9. The summed E-state index contributed by atoms with van der Waals surface area (Å²) in [7, 11) is 0.168. The fourth-order valence-corrected chi connectivity index (χ4v) is 5.94. The molecular weight excluding hydrogens is 512 g/mol. The maximum Gasteiger partial charge on any atom is 0.232 e. The average molecular weight is 540 g/mol. The molecule has 3 aromatic carbocycles. The lowest BCUT2D eigenvalue weighted by Crippen LogP contribution is -2.27. The molecule has 1 N–H and O–H groups in total. The molecule has 1 heterocycles. The summed E-state index contributed by atoms with van der Waals surface area (Å²) in [6, 6.07) is 18.2. The van der Waals surface area contributed by atoms with Gasteiger partial charge in [-0.1, -0.05) is 66.8 Å². The average Bonchev–Trinajstić information content (AvgIpc) is 3.30. The largest absolute Gasteiger partial charge is 0.291 e. The summed E-state index contributed by atoms with van der Waals surface area (Å²) in [4.78, 5) is 18.8. The first kappa shape index (κ1) is 26.8. The van der Waals surface area contributed by atoms with Gasteiger partial charge in [-0.25, -0.2) is 22.7 Å². The number of amides is 1. The van der Waals surface area contributed by atoms with Gasteiger partial charge in [0.25, 0.3) is 0 Å². The van der Waals surface area contributed by atoms with Gasteiger partial charge in [-0.2, -0.15) is 0 Å². The van der Waals surface area contributed by atoms with Crippen LogP contribution in [0.1, 0.15) is 29.3 Å². The number of aromatic nitrogens is 1. The van der Waals surface area contributed by atoms with E-state index in [0.717, 1.165) is 35.7 Å². The summed E-state index contributed by atoms with van der Waals surface area (Å²) >= 11 is 1.21. The molecule has 1 aromatic heterocycles. The van der Waals surface area contributed by atoms with Gasteiger partial charge in [-0.3, -0.25) is 9.69 Å². The molecule has 4 rings (SSSR count). The van der Waals surface area contributed by atoms with Crippen molar-refractivity contribution in [2.75, 3.05) is 11.9 Å². The van der Waals surface area contributed by atoms with Gasteiger partial charge < -0.3 is 0 Å². The van der Waals surface area contributed by atoms with Crippen molar-refractivity contribution in [3.05, 3.63) is 101 Å². The summed E-state index contributed by atoms with van der Waals surface area (Å²) in [6.07, 6.45) is 1.07. The van der Waals surface area contributed by atoms with Crippen molar-refractivity contribution >= 4 is 33.4 Å². The lowest BCUT2D eigenvalue weighted by Gasteiger charge is -2.14. The quantitative estimate of drug-likeness (QED) is 0.285. The Hall–Kier alpha value is -3.27. The fourth-order valence-electron chi connectivity index (χ4n) is 3.71. The van der Waals surface area contributed by atoms with Crippen LogP contribution < -0.4 is 9.62 Å². The smallest absolute Gasteiger partial charge is 0.232 e. The highest BCUT2D eigenvalue weighted by Gasteiger charge is 2.20. The van der Waals surface area contributed by atoms with Gasteiger partial charge in [0.1, 0.15) is 26.8 Å². The Morgan fingerprint density at radius 1 is 1.00 bits per heavy atom. The molecule has 0 radical (unpaired) electrons. The topological polar surface area (TPSA) is 62.3 Å². The number of benzene rings is 3. The molecule has 37 heavy (non-hydrogen) atoms. The maximum absolute atomic E-state index is 14.1. The highest BCUT2D eigenvalue weighted by atomic mass is 32.2. The highest BCUT2D eigenvalue weighted by Crippen LogP contribution is 2.29. The van der Waals surface area contributed by atoms with E-state index >= 15 is 0 Å². The second-order valence-electron chi connectivity index (χ2n) is 8.58. The summed E-state index contributed by atoms with van der Waals surface area (Å²) in [5.41, 5.74) is 4.31. The van der Waals surface area contributed by atoms with E-state index in [1.54, 1.807) is 38.2 Å². The molecule has 192 valence electrons. The number of nitrogens with one attached hydrogen (secondary N) is 1. The van der Waals surface area contributed by atoms with Crippen molar-refractivity contribution in [3.63, 3.8) is 0 Å². The number of thiazole rings is 1. The first-order valence-corrected chi connectivity index (χ1v) is 13.7. The van der Waals surface area contributed by atoms with E-state index in [1.807, 2.05) is 12.1 Å². The Kier molecular flexibility index (Phi) is 8.58. The number of anilines is 1. The minimum atomic E-state index is -1.46. The second kappa shape index (κ2) is 11.9. The van der Waals surface area contributed by atoms with Crippen LogP contribution in [0, 0.1) is 18.6 Å². The Morgan fingerprint density at radius 2 is 1.65 bits per heavy atom. The van der Waals surface area contributed by atoms with Crippen molar-refractivity contribution in [1.82, 2.24) is 9.71 Å². The second-order valence-corrected chi connectivity index (χ2v) is 11.1. The Balaban J connectivity index is 1.38. The zero-order valence-electron chi connectivity index (χ0n) is 20.8. The Bertz CT molecular complexity index is 1420. The van der Waals surface area contributed by atoms with Crippen LogP contribution in [-0.2, 0) is 35.2 Å². The van der Waals surface area contributed by atoms with Crippen LogP contribution in [0.15, 0.2) is 70.9 Å². The molecule has 9 heteroatoms. The van der Waals surface area contributed by atoms with Crippen molar-refractivity contribution in [3.8, 4) is 11.1 Å². The van der Waals surface area contributed by atoms with Crippen LogP contribution in [0.25, 0.3) is 11.1 Å². The third kappa shape index (κ3) is 6.54. The first-order chi connectivity index (χ1) is 17.7. The number of hydrogen-bond acceptors (Lipinski definition) is 4. The SMILES string of the molecule is CCc1ccc(CNS(=O)c2sc(N(C)C(=O)Cc3ccc(-c4cc(F)ccc4F)cc3)nc2C)cc1. The number of carbonyl (C=O) groups is 1. The summed E-state index contributed by atoms with van der Waals surface area (Å²) in [5, 5.41) is 0.457. The predicted molar refractivity (Wildman–Crippen MR) is 145 cm³/mol. The number of likely N-dealkylation sites (N-methyl/N-ethyl adjacent to an activating group) is 1. The number of nitrogens with zero attached hydrogens (tertiary/aromatic N) is 2. The van der Waals surface area contributed by atoms with Crippen LogP contribution in [-0.4, -0.2) is 22.1 Å². The molecule has 0 aliphatic rings. The monoisotopic (exact) mass is 539 g/mol. The lowest BCUT2D eigenvalue weighted by atomic mass is 10.0. The number of carbonyl (C=O) groups excluding carboxylic acids is 1. The first-order valence-electron chi connectivity index (χ1n) is 11.8. The van der Waals surface area contributed by atoms with Crippen LogP contribution in [0.4, 0.5) is 13.9 Å². The summed E-state index contributed by atoms with van der Waals surface area (Å²) in [6.45, 7) is 4.32. The molecule has 1 amide bonds.